The Morgan fingerprint density at radius 3 is 2.88 bits per heavy atom. The molecule has 0 spiro atoms. The number of guanidine groups is 1. The maximum absolute atomic E-state index is 5.91. The fourth-order valence-corrected chi connectivity index (χ4v) is 2.75. The molecule has 1 aromatic rings. The van der Waals surface area contributed by atoms with Crippen LogP contribution < -0.4 is 20.5 Å². The number of morpholine rings is 1. The van der Waals surface area contributed by atoms with E-state index in [2.05, 4.69) is 15.2 Å². The molecule has 24 heavy (non-hydrogen) atoms. The fourth-order valence-electron chi connectivity index (χ4n) is 2.75. The second kappa shape index (κ2) is 8.75. The predicted octanol–water partition coefficient (Wildman–Crippen LogP) is 0.453. The molecular formula is C17H26N4O3. The van der Waals surface area contributed by atoms with Gasteiger partial charge in [0.05, 0.1) is 19.8 Å². The van der Waals surface area contributed by atoms with Crippen molar-refractivity contribution in [2.24, 2.45) is 10.7 Å². The lowest BCUT2D eigenvalue weighted by Gasteiger charge is -2.26. The lowest BCUT2D eigenvalue weighted by Crippen LogP contribution is -2.39. The van der Waals surface area contributed by atoms with E-state index in [1.54, 1.807) is 0 Å². The van der Waals surface area contributed by atoms with Gasteiger partial charge in [-0.1, -0.05) is 12.1 Å². The molecule has 0 amide bonds. The van der Waals surface area contributed by atoms with E-state index in [0.29, 0.717) is 19.1 Å². The molecule has 7 nitrogen and oxygen atoms in total. The number of aliphatic imine (C=N–C) groups is 1. The summed E-state index contributed by atoms with van der Waals surface area (Å²) < 4.78 is 16.9. The van der Waals surface area contributed by atoms with Gasteiger partial charge < -0.3 is 25.3 Å². The molecule has 1 fully saturated rings. The molecule has 3 N–H and O–H groups in total. The number of nitrogens with zero attached hydrogens (tertiary/aromatic N) is 2. The Morgan fingerprint density at radius 2 is 2.04 bits per heavy atom. The Balaban J connectivity index is 1.33. The molecule has 0 radical (unpaired) electrons. The van der Waals surface area contributed by atoms with Crippen LogP contribution in [0.4, 0.5) is 0 Å². The van der Waals surface area contributed by atoms with Gasteiger partial charge in [0.2, 0.25) is 0 Å². The van der Waals surface area contributed by atoms with E-state index >= 15 is 0 Å². The van der Waals surface area contributed by atoms with Crippen molar-refractivity contribution in [2.75, 3.05) is 52.5 Å². The zero-order valence-electron chi connectivity index (χ0n) is 13.9. The third-order valence-electron chi connectivity index (χ3n) is 4.09. The Morgan fingerprint density at radius 1 is 1.25 bits per heavy atom. The highest BCUT2D eigenvalue weighted by atomic mass is 16.6. The lowest BCUT2D eigenvalue weighted by atomic mass is 10.2. The average Bonchev–Trinajstić information content (AvgIpc) is 2.64. The monoisotopic (exact) mass is 334 g/mol. The van der Waals surface area contributed by atoms with Crippen LogP contribution in [0.15, 0.2) is 29.3 Å². The van der Waals surface area contributed by atoms with Crippen LogP contribution >= 0.6 is 0 Å². The van der Waals surface area contributed by atoms with Crippen molar-refractivity contribution in [3.8, 4) is 11.5 Å². The van der Waals surface area contributed by atoms with E-state index in [0.717, 1.165) is 57.3 Å². The molecule has 132 valence electrons. The minimum absolute atomic E-state index is 0.103. The third kappa shape index (κ3) is 5.01. The molecule has 1 atom stereocenters. The summed E-state index contributed by atoms with van der Waals surface area (Å²) in [6.07, 6.45) is 0.931. The summed E-state index contributed by atoms with van der Waals surface area (Å²) >= 11 is 0. The van der Waals surface area contributed by atoms with Crippen molar-refractivity contribution >= 4 is 5.96 Å². The highest BCUT2D eigenvalue weighted by Gasteiger charge is 2.20. The lowest BCUT2D eigenvalue weighted by molar-refractivity contribution is 0.0376. The summed E-state index contributed by atoms with van der Waals surface area (Å²) in [5.41, 5.74) is 5.91. The molecule has 7 heteroatoms. The minimum Gasteiger partial charge on any atom is -0.486 e. The number of hydrogen-bond acceptors (Lipinski definition) is 5. The van der Waals surface area contributed by atoms with Gasteiger partial charge in [-0.05, 0) is 25.1 Å². The number of rotatable bonds is 6. The molecule has 2 heterocycles. The summed E-state index contributed by atoms with van der Waals surface area (Å²) in [6, 6.07) is 7.66. The Hall–Kier alpha value is -1.99. The second-order valence-electron chi connectivity index (χ2n) is 5.96. The highest BCUT2D eigenvalue weighted by Crippen LogP contribution is 2.30. The number of fused-ring (bicyclic) bond motifs is 1. The van der Waals surface area contributed by atoms with E-state index in [1.807, 2.05) is 24.3 Å². The highest BCUT2D eigenvalue weighted by molar-refractivity contribution is 5.77. The maximum atomic E-state index is 5.91. The van der Waals surface area contributed by atoms with Gasteiger partial charge in [-0.2, -0.15) is 0 Å². The van der Waals surface area contributed by atoms with Crippen LogP contribution in [0.5, 0.6) is 11.5 Å². The standard InChI is InChI=1S/C17H26N4O3/c18-17(19-6-3-7-21-8-10-22-11-9-21)20-12-14-13-23-15-4-1-2-5-16(15)24-14/h1-2,4-5,14H,3,6-13H2,(H3,18,19,20). The average molecular weight is 334 g/mol. The predicted molar refractivity (Wildman–Crippen MR) is 92.7 cm³/mol. The summed E-state index contributed by atoms with van der Waals surface area (Å²) in [5, 5.41) is 3.15. The van der Waals surface area contributed by atoms with Gasteiger partial charge in [0, 0.05) is 19.6 Å². The Kier molecular flexibility index (Phi) is 6.14. The first-order valence-corrected chi connectivity index (χ1v) is 8.53. The van der Waals surface area contributed by atoms with Crippen LogP contribution in [0, 0.1) is 0 Å². The van der Waals surface area contributed by atoms with Gasteiger partial charge in [-0.3, -0.25) is 4.90 Å². The molecule has 1 unspecified atom stereocenters. The van der Waals surface area contributed by atoms with Gasteiger partial charge in [-0.15, -0.1) is 0 Å². The molecule has 2 aliphatic heterocycles. The van der Waals surface area contributed by atoms with Gasteiger partial charge in [0.1, 0.15) is 6.61 Å². The zero-order valence-corrected chi connectivity index (χ0v) is 13.9. The maximum Gasteiger partial charge on any atom is 0.188 e. The molecule has 0 saturated carbocycles. The molecular weight excluding hydrogens is 308 g/mol. The fraction of sp³-hybridized carbons (Fsp3) is 0.588. The Bertz CT molecular complexity index is 546. The molecule has 1 aromatic carbocycles. The Labute approximate surface area is 142 Å². The van der Waals surface area contributed by atoms with Crippen molar-refractivity contribution in [1.82, 2.24) is 10.2 Å². The molecule has 2 aliphatic rings. The first kappa shape index (κ1) is 16.9. The van der Waals surface area contributed by atoms with Crippen molar-refractivity contribution in [3.05, 3.63) is 24.3 Å². The van der Waals surface area contributed by atoms with Gasteiger partial charge in [0.25, 0.3) is 0 Å². The van der Waals surface area contributed by atoms with Crippen LogP contribution in [0.25, 0.3) is 0 Å². The van der Waals surface area contributed by atoms with Crippen LogP contribution in [-0.2, 0) is 4.74 Å². The minimum atomic E-state index is -0.103. The van der Waals surface area contributed by atoms with Crippen LogP contribution in [0.3, 0.4) is 0 Å². The summed E-state index contributed by atoms with van der Waals surface area (Å²) in [5.74, 6) is 2.01. The van der Waals surface area contributed by atoms with E-state index in [4.69, 9.17) is 19.9 Å². The summed E-state index contributed by atoms with van der Waals surface area (Å²) in [6.45, 7) is 6.56. The summed E-state index contributed by atoms with van der Waals surface area (Å²) in [7, 11) is 0. The van der Waals surface area contributed by atoms with Gasteiger partial charge in [-0.25, -0.2) is 4.99 Å². The van der Waals surface area contributed by atoms with Crippen LogP contribution in [-0.4, -0.2) is 69.5 Å². The van der Waals surface area contributed by atoms with Crippen molar-refractivity contribution in [2.45, 2.75) is 12.5 Å². The normalized spacial score (nSPS) is 21.5. The van der Waals surface area contributed by atoms with Crippen molar-refractivity contribution in [3.63, 3.8) is 0 Å². The number of nitrogens with one attached hydrogen (secondary N) is 1. The van der Waals surface area contributed by atoms with E-state index < -0.39 is 0 Å². The topological polar surface area (TPSA) is 81.3 Å². The second-order valence-corrected chi connectivity index (χ2v) is 5.96. The van der Waals surface area contributed by atoms with Crippen molar-refractivity contribution < 1.29 is 14.2 Å². The van der Waals surface area contributed by atoms with Gasteiger partial charge in [0.15, 0.2) is 23.6 Å². The SMILES string of the molecule is NC(=NCC1COc2ccccc2O1)NCCCN1CCOCC1. The first-order chi connectivity index (χ1) is 11.8. The van der Waals surface area contributed by atoms with Crippen LogP contribution in [0.2, 0.25) is 0 Å². The van der Waals surface area contributed by atoms with E-state index in [1.165, 1.54) is 0 Å². The van der Waals surface area contributed by atoms with E-state index in [-0.39, 0.29) is 6.10 Å². The van der Waals surface area contributed by atoms with Crippen molar-refractivity contribution in [1.29, 1.82) is 0 Å². The van der Waals surface area contributed by atoms with Gasteiger partial charge >= 0.3 is 0 Å². The quantitative estimate of drug-likeness (QED) is 0.447. The smallest absolute Gasteiger partial charge is 0.188 e. The number of hydrogen-bond donors (Lipinski definition) is 2. The number of ether oxygens (including phenoxy) is 3. The molecule has 3 rings (SSSR count). The first-order valence-electron chi connectivity index (χ1n) is 8.53. The number of nitrogens with two attached hydrogens (primary N) is 1. The number of para-hydroxylation sites is 2. The largest absolute Gasteiger partial charge is 0.486 e. The number of benzene rings is 1. The van der Waals surface area contributed by atoms with Crippen LogP contribution in [0.1, 0.15) is 6.42 Å². The molecule has 0 aliphatic carbocycles. The third-order valence-corrected chi connectivity index (χ3v) is 4.09. The van der Waals surface area contributed by atoms with E-state index in [9.17, 15) is 0 Å². The zero-order chi connectivity index (χ0) is 16.6. The summed E-state index contributed by atoms with van der Waals surface area (Å²) in [4.78, 5) is 6.76. The molecule has 1 saturated heterocycles. The molecule has 0 bridgehead atoms. The molecule has 0 aromatic heterocycles.